The summed E-state index contributed by atoms with van der Waals surface area (Å²) in [6, 6.07) is 3.80. The van der Waals surface area contributed by atoms with E-state index in [0.29, 0.717) is 12.0 Å². The maximum Gasteiger partial charge on any atom is 0.144 e. The molecule has 0 saturated heterocycles. The largest absolute Gasteiger partial charge is 0.205 e. The average molecular weight is 193 g/mol. The summed E-state index contributed by atoms with van der Waals surface area (Å²) in [6.45, 7) is 5.41. The minimum absolute atomic E-state index is 0.416. The minimum atomic E-state index is -0.816. The maximum absolute atomic E-state index is 13.1. The molecule has 0 bridgehead atoms. The van der Waals surface area contributed by atoms with Gasteiger partial charge >= 0.3 is 0 Å². The predicted octanol–water partition coefficient (Wildman–Crippen LogP) is 2.96. The summed E-state index contributed by atoms with van der Waals surface area (Å²) >= 11 is 0. The fourth-order valence-electron chi connectivity index (χ4n) is 1.18. The van der Waals surface area contributed by atoms with Crippen LogP contribution in [0.1, 0.15) is 18.1 Å². The number of nitriles is 1. The van der Waals surface area contributed by atoms with E-state index in [2.05, 4.69) is 6.58 Å². The Kier molecular flexibility index (Phi) is 2.98. The van der Waals surface area contributed by atoms with Crippen LogP contribution < -0.4 is 0 Å². The molecule has 1 aromatic rings. The monoisotopic (exact) mass is 193 g/mol. The zero-order valence-electron chi connectivity index (χ0n) is 7.77. The molecule has 1 aromatic carbocycles. The van der Waals surface area contributed by atoms with E-state index in [1.165, 1.54) is 6.07 Å². The Labute approximate surface area is 81.3 Å². The van der Waals surface area contributed by atoms with E-state index in [1.807, 2.05) is 0 Å². The van der Waals surface area contributed by atoms with Gasteiger partial charge in [-0.3, -0.25) is 0 Å². The molecule has 0 saturated carbocycles. The lowest BCUT2D eigenvalue weighted by atomic mass is 10.0. The molecule has 14 heavy (non-hydrogen) atoms. The van der Waals surface area contributed by atoms with Gasteiger partial charge in [0, 0.05) is 0 Å². The van der Waals surface area contributed by atoms with E-state index in [9.17, 15) is 8.78 Å². The van der Waals surface area contributed by atoms with Gasteiger partial charge in [-0.15, -0.1) is 0 Å². The molecule has 0 N–H and O–H groups in total. The van der Waals surface area contributed by atoms with E-state index in [0.717, 1.165) is 17.7 Å². The third-order valence-corrected chi connectivity index (χ3v) is 1.72. The number of halogens is 2. The molecule has 0 aliphatic rings. The number of benzene rings is 1. The van der Waals surface area contributed by atoms with Crippen molar-refractivity contribution in [1.82, 2.24) is 0 Å². The molecule has 0 spiro atoms. The summed E-state index contributed by atoms with van der Waals surface area (Å²) in [5.41, 5.74) is 0.774. The first kappa shape index (κ1) is 10.4. The van der Waals surface area contributed by atoms with Crippen LogP contribution in [0.25, 0.3) is 0 Å². The van der Waals surface area contributed by atoms with Crippen molar-refractivity contribution in [3.63, 3.8) is 0 Å². The van der Waals surface area contributed by atoms with Gasteiger partial charge < -0.3 is 0 Å². The first-order valence-electron chi connectivity index (χ1n) is 4.07. The molecule has 0 heterocycles. The Balaban J connectivity index is 3.15. The van der Waals surface area contributed by atoms with Crippen LogP contribution in [0.3, 0.4) is 0 Å². The van der Waals surface area contributed by atoms with E-state index in [1.54, 1.807) is 6.92 Å². The molecule has 0 fully saturated rings. The number of nitrogens with zero attached hydrogens (tertiary/aromatic N) is 1. The smallest absolute Gasteiger partial charge is 0.144 e. The lowest BCUT2D eigenvalue weighted by Crippen LogP contribution is -1.95. The van der Waals surface area contributed by atoms with Gasteiger partial charge in [0.05, 0.1) is 0 Å². The number of hydrogen-bond donors (Lipinski definition) is 0. The Morgan fingerprint density at radius 3 is 2.29 bits per heavy atom. The van der Waals surface area contributed by atoms with Crippen LogP contribution in [0, 0.1) is 23.0 Å². The van der Waals surface area contributed by atoms with Gasteiger partial charge in [-0.1, -0.05) is 12.2 Å². The predicted molar refractivity (Wildman–Crippen MR) is 49.6 cm³/mol. The van der Waals surface area contributed by atoms with Crippen LogP contribution in [-0.2, 0) is 6.42 Å². The summed E-state index contributed by atoms with van der Waals surface area (Å²) in [5.74, 6) is -1.63. The second-order valence-electron chi connectivity index (χ2n) is 3.18. The topological polar surface area (TPSA) is 23.8 Å². The van der Waals surface area contributed by atoms with Crippen LogP contribution in [0.5, 0.6) is 0 Å². The van der Waals surface area contributed by atoms with Crippen molar-refractivity contribution in [3.8, 4) is 6.07 Å². The molecular formula is C11H9F2N. The molecule has 1 rings (SSSR count). The van der Waals surface area contributed by atoms with Crippen molar-refractivity contribution in [3.05, 3.63) is 47.0 Å². The fraction of sp³-hybridized carbons (Fsp3) is 0.182. The first-order chi connectivity index (χ1) is 6.54. The quantitative estimate of drug-likeness (QED) is 0.662. The van der Waals surface area contributed by atoms with Crippen LogP contribution in [0.2, 0.25) is 0 Å². The first-order valence-corrected chi connectivity index (χ1v) is 4.07. The van der Waals surface area contributed by atoms with Gasteiger partial charge in [0.2, 0.25) is 0 Å². The van der Waals surface area contributed by atoms with Crippen molar-refractivity contribution >= 4 is 0 Å². The zero-order valence-corrected chi connectivity index (χ0v) is 7.77. The molecule has 0 amide bonds. The molecule has 0 atom stereocenters. The third kappa shape index (κ3) is 2.17. The maximum atomic E-state index is 13.1. The lowest BCUT2D eigenvalue weighted by Gasteiger charge is -2.02. The highest BCUT2D eigenvalue weighted by atomic mass is 19.1. The Bertz CT molecular complexity index is 393. The van der Waals surface area contributed by atoms with Crippen molar-refractivity contribution in [2.45, 2.75) is 13.3 Å². The third-order valence-electron chi connectivity index (χ3n) is 1.72. The molecule has 0 aromatic heterocycles. The van der Waals surface area contributed by atoms with Crippen LogP contribution >= 0.6 is 0 Å². The van der Waals surface area contributed by atoms with Crippen LogP contribution in [0.15, 0.2) is 24.3 Å². The number of rotatable bonds is 2. The van der Waals surface area contributed by atoms with E-state index >= 15 is 0 Å². The molecule has 72 valence electrons. The highest BCUT2D eigenvalue weighted by Gasteiger charge is 2.10. The summed E-state index contributed by atoms with van der Waals surface area (Å²) in [4.78, 5) is 0. The number of allylic oxidation sites excluding steroid dienone is 1. The van der Waals surface area contributed by atoms with Crippen molar-refractivity contribution < 1.29 is 8.78 Å². The van der Waals surface area contributed by atoms with Gasteiger partial charge in [0.15, 0.2) is 0 Å². The SMILES string of the molecule is C=C(C)Cc1cc(F)c(C#N)c(F)c1. The fourth-order valence-corrected chi connectivity index (χ4v) is 1.18. The molecule has 3 heteroatoms. The Hall–Kier alpha value is -1.69. The van der Waals surface area contributed by atoms with Crippen molar-refractivity contribution in [1.29, 1.82) is 5.26 Å². The van der Waals surface area contributed by atoms with Crippen LogP contribution in [0.4, 0.5) is 8.78 Å². The van der Waals surface area contributed by atoms with Crippen LogP contribution in [-0.4, -0.2) is 0 Å². The van der Waals surface area contributed by atoms with E-state index in [-0.39, 0.29) is 0 Å². The molecule has 0 unspecified atom stereocenters. The Morgan fingerprint density at radius 2 is 1.93 bits per heavy atom. The highest BCUT2D eigenvalue weighted by Crippen LogP contribution is 2.16. The minimum Gasteiger partial charge on any atom is -0.205 e. The second kappa shape index (κ2) is 4.01. The molecule has 0 radical (unpaired) electrons. The molecular weight excluding hydrogens is 184 g/mol. The average Bonchev–Trinajstić information content (AvgIpc) is 2.01. The summed E-state index contributed by atoms with van der Waals surface area (Å²) in [7, 11) is 0. The highest BCUT2D eigenvalue weighted by molar-refractivity contribution is 5.36. The lowest BCUT2D eigenvalue weighted by molar-refractivity contribution is 0.574. The molecule has 0 aliphatic carbocycles. The summed E-state index contributed by atoms with van der Waals surface area (Å²) in [6.07, 6.45) is 0.416. The van der Waals surface area contributed by atoms with Gasteiger partial charge in [-0.05, 0) is 31.0 Å². The van der Waals surface area contributed by atoms with Gasteiger partial charge in [0.1, 0.15) is 23.3 Å². The van der Waals surface area contributed by atoms with Gasteiger partial charge in [0.25, 0.3) is 0 Å². The van der Waals surface area contributed by atoms with Gasteiger partial charge in [-0.2, -0.15) is 5.26 Å². The normalized spacial score (nSPS) is 9.57. The van der Waals surface area contributed by atoms with Crippen molar-refractivity contribution in [2.24, 2.45) is 0 Å². The molecule has 0 aliphatic heterocycles. The van der Waals surface area contributed by atoms with Crippen molar-refractivity contribution in [2.75, 3.05) is 0 Å². The van der Waals surface area contributed by atoms with E-state index < -0.39 is 17.2 Å². The Morgan fingerprint density at radius 1 is 1.43 bits per heavy atom. The summed E-state index contributed by atoms with van der Waals surface area (Å²) in [5, 5.41) is 8.42. The summed E-state index contributed by atoms with van der Waals surface area (Å²) < 4.78 is 26.1. The van der Waals surface area contributed by atoms with E-state index in [4.69, 9.17) is 5.26 Å². The number of hydrogen-bond acceptors (Lipinski definition) is 1. The van der Waals surface area contributed by atoms with Gasteiger partial charge in [-0.25, -0.2) is 8.78 Å². The zero-order chi connectivity index (χ0) is 10.7. The second-order valence-corrected chi connectivity index (χ2v) is 3.18. The standard InChI is InChI=1S/C11H9F2N/c1-7(2)3-8-4-10(12)9(6-14)11(13)5-8/h4-5H,1,3H2,2H3. The molecule has 1 nitrogen and oxygen atoms in total.